The highest BCUT2D eigenvalue weighted by molar-refractivity contribution is 7.20. The molecule has 0 bridgehead atoms. The minimum atomic E-state index is -0.294. The molecule has 1 aliphatic rings. The van der Waals surface area contributed by atoms with Crippen LogP contribution in [0.25, 0.3) is 21.2 Å². The van der Waals surface area contributed by atoms with E-state index in [0.717, 1.165) is 40.6 Å². The highest BCUT2D eigenvalue weighted by Crippen LogP contribution is 2.29. The van der Waals surface area contributed by atoms with Crippen LogP contribution >= 0.6 is 11.3 Å². The van der Waals surface area contributed by atoms with E-state index in [2.05, 4.69) is 15.2 Å². The predicted octanol–water partition coefficient (Wildman–Crippen LogP) is 4.58. The number of nitrogens with zero attached hydrogens (tertiary/aromatic N) is 2. The number of nitrogens with one attached hydrogen (secondary N) is 1. The predicted molar refractivity (Wildman–Crippen MR) is 108 cm³/mol. The molecule has 142 valence electrons. The molecule has 3 heterocycles. The third-order valence-corrected chi connectivity index (χ3v) is 6.22. The number of rotatable bonds is 4. The zero-order valence-corrected chi connectivity index (χ0v) is 15.8. The van der Waals surface area contributed by atoms with E-state index in [1.165, 1.54) is 23.5 Å². The summed E-state index contributed by atoms with van der Waals surface area (Å²) in [5.74, 6) is -0.428. The Bertz CT molecular complexity index is 1140. The van der Waals surface area contributed by atoms with Crippen molar-refractivity contribution in [1.82, 2.24) is 10.3 Å². The van der Waals surface area contributed by atoms with Gasteiger partial charge in [0.05, 0.1) is 10.9 Å². The number of carbonyl (C=O) groups is 1. The largest absolute Gasteiger partial charge is 0.423 e. The molecule has 7 heteroatoms. The number of hydrogen-bond donors (Lipinski definition) is 1. The van der Waals surface area contributed by atoms with Gasteiger partial charge in [-0.25, -0.2) is 4.39 Å². The molecule has 0 spiro atoms. The van der Waals surface area contributed by atoms with Gasteiger partial charge in [0.25, 0.3) is 11.9 Å². The summed E-state index contributed by atoms with van der Waals surface area (Å²) >= 11 is 1.37. The smallest absolute Gasteiger partial charge is 0.298 e. The van der Waals surface area contributed by atoms with Crippen LogP contribution in [0.1, 0.15) is 22.5 Å². The quantitative estimate of drug-likeness (QED) is 0.549. The summed E-state index contributed by atoms with van der Waals surface area (Å²) in [5, 5.41) is 3.77. The first-order valence-corrected chi connectivity index (χ1v) is 10.1. The zero-order valence-electron chi connectivity index (χ0n) is 15.0. The fraction of sp³-hybridized carbons (Fsp3) is 0.238. The third kappa shape index (κ3) is 3.11. The maximum atomic E-state index is 13.4. The SMILES string of the molecule is O=C(NC[C@@H]1CCCN1c1nc2ccccc2o1)c1cc2cc(F)ccc2s1. The van der Waals surface area contributed by atoms with Crippen LogP contribution < -0.4 is 10.2 Å². The summed E-state index contributed by atoms with van der Waals surface area (Å²) in [6.45, 7) is 1.37. The molecule has 2 aromatic carbocycles. The number of hydrogen-bond acceptors (Lipinski definition) is 5. The van der Waals surface area contributed by atoms with Crippen LogP contribution in [0, 0.1) is 5.82 Å². The molecule has 1 atom stereocenters. The van der Waals surface area contributed by atoms with E-state index in [9.17, 15) is 9.18 Å². The van der Waals surface area contributed by atoms with Crippen LogP contribution in [-0.2, 0) is 0 Å². The van der Waals surface area contributed by atoms with Gasteiger partial charge in [0.15, 0.2) is 5.58 Å². The number of anilines is 1. The normalized spacial score (nSPS) is 16.9. The Labute approximate surface area is 164 Å². The number of carbonyl (C=O) groups excluding carboxylic acids is 1. The van der Waals surface area contributed by atoms with E-state index in [1.807, 2.05) is 24.3 Å². The van der Waals surface area contributed by atoms with Crippen molar-refractivity contribution < 1.29 is 13.6 Å². The number of oxazole rings is 1. The van der Waals surface area contributed by atoms with Crippen molar-refractivity contribution in [2.75, 3.05) is 18.0 Å². The highest BCUT2D eigenvalue weighted by atomic mass is 32.1. The van der Waals surface area contributed by atoms with E-state index in [0.29, 0.717) is 17.4 Å². The van der Waals surface area contributed by atoms with Gasteiger partial charge < -0.3 is 14.6 Å². The van der Waals surface area contributed by atoms with Gasteiger partial charge in [-0.3, -0.25) is 4.79 Å². The Balaban J connectivity index is 1.30. The summed E-state index contributed by atoms with van der Waals surface area (Å²) < 4.78 is 20.2. The van der Waals surface area contributed by atoms with Crippen LogP contribution in [0.2, 0.25) is 0 Å². The molecule has 0 aliphatic carbocycles. The lowest BCUT2D eigenvalue weighted by molar-refractivity contribution is 0.0955. The number of aromatic nitrogens is 1. The Kier molecular flexibility index (Phi) is 4.24. The van der Waals surface area contributed by atoms with Gasteiger partial charge in [-0.2, -0.15) is 4.98 Å². The molecule has 5 nitrogen and oxygen atoms in total. The van der Waals surface area contributed by atoms with E-state index >= 15 is 0 Å². The second-order valence-electron chi connectivity index (χ2n) is 6.96. The fourth-order valence-corrected chi connectivity index (χ4v) is 4.67. The van der Waals surface area contributed by atoms with Crippen molar-refractivity contribution in [2.45, 2.75) is 18.9 Å². The number of thiophene rings is 1. The van der Waals surface area contributed by atoms with Crippen molar-refractivity contribution in [1.29, 1.82) is 0 Å². The molecule has 1 fully saturated rings. The lowest BCUT2D eigenvalue weighted by atomic mass is 10.2. The average molecular weight is 395 g/mol. The Morgan fingerprint density at radius 3 is 3.07 bits per heavy atom. The number of amides is 1. The third-order valence-electron chi connectivity index (χ3n) is 5.11. The van der Waals surface area contributed by atoms with Crippen molar-refractivity contribution in [3.63, 3.8) is 0 Å². The van der Waals surface area contributed by atoms with Gasteiger partial charge in [-0.15, -0.1) is 11.3 Å². The van der Waals surface area contributed by atoms with Crippen LogP contribution in [-0.4, -0.2) is 30.0 Å². The highest BCUT2D eigenvalue weighted by Gasteiger charge is 2.29. The molecule has 0 unspecified atom stereocenters. The van der Waals surface area contributed by atoms with Crippen molar-refractivity contribution in [2.24, 2.45) is 0 Å². The fourth-order valence-electron chi connectivity index (χ4n) is 3.71. The van der Waals surface area contributed by atoms with Gasteiger partial charge in [0, 0.05) is 17.8 Å². The zero-order chi connectivity index (χ0) is 19.1. The summed E-state index contributed by atoms with van der Waals surface area (Å²) in [7, 11) is 0. The second-order valence-corrected chi connectivity index (χ2v) is 8.04. The maximum absolute atomic E-state index is 13.4. The molecule has 28 heavy (non-hydrogen) atoms. The van der Waals surface area contributed by atoms with E-state index in [-0.39, 0.29) is 17.8 Å². The van der Waals surface area contributed by atoms with Gasteiger partial charge in [0.2, 0.25) is 0 Å². The van der Waals surface area contributed by atoms with Crippen LogP contribution in [0.5, 0.6) is 0 Å². The molecule has 1 aliphatic heterocycles. The minimum Gasteiger partial charge on any atom is -0.423 e. The van der Waals surface area contributed by atoms with Crippen molar-refractivity contribution in [3.05, 3.63) is 59.2 Å². The van der Waals surface area contributed by atoms with Crippen LogP contribution in [0.4, 0.5) is 10.4 Å². The lowest BCUT2D eigenvalue weighted by Gasteiger charge is -2.22. The van der Waals surface area contributed by atoms with Gasteiger partial charge in [0.1, 0.15) is 11.3 Å². The molecular formula is C21H18FN3O2S. The van der Waals surface area contributed by atoms with Crippen LogP contribution in [0.3, 0.4) is 0 Å². The lowest BCUT2D eigenvalue weighted by Crippen LogP contribution is -2.40. The summed E-state index contributed by atoms with van der Waals surface area (Å²) in [6, 6.07) is 14.8. The monoisotopic (exact) mass is 395 g/mol. The van der Waals surface area contributed by atoms with E-state index in [1.54, 1.807) is 12.1 Å². The Morgan fingerprint density at radius 2 is 2.18 bits per heavy atom. The average Bonchev–Trinajstić information content (AvgIpc) is 3.42. The minimum absolute atomic E-state index is 0.133. The number of fused-ring (bicyclic) bond motifs is 2. The molecule has 4 aromatic rings. The first-order valence-electron chi connectivity index (χ1n) is 9.27. The summed E-state index contributed by atoms with van der Waals surface area (Å²) in [6.07, 6.45) is 2.00. The van der Waals surface area contributed by atoms with Gasteiger partial charge >= 0.3 is 0 Å². The number of para-hydroxylation sites is 2. The molecule has 0 radical (unpaired) electrons. The molecule has 1 N–H and O–H groups in total. The Hall–Kier alpha value is -2.93. The summed E-state index contributed by atoms with van der Waals surface area (Å²) in [4.78, 5) is 19.9. The number of benzene rings is 2. The van der Waals surface area contributed by atoms with Crippen molar-refractivity contribution >= 4 is 44.4 Å². The second kappa shape index (κ2) is 6.91. The molecule has 1 amide bonds. The Morgan fingerprint density at radius 1 is 1.29 bits per heavy atom. The van der Waals surface area contributed by atoms with Gasteiger partial charge in [-0.05, 0) is 54.6 Å². The molecule has 0 saturated carbocycles. The molecule has 5 rings (SSSR count). The molecule has 1 saturated heterocycles. The topological polar surface area (TPSA) is 58.4 Å². The summed E-state index contributed by atoms with van der Waals surface area (Å²) in [5.41, 5.74) is 1.61. The first-order chi connectivity index (χ1) is 13.7. The van der Waals surface area contributed by atoms with E-state index in [4.69, 9.17) is 4.42 Å². The molecular weight excluding hydrogens is 377 g/mol. The molecule has 2 aromatic heterocycles. The van der Waals surface area contributed by atoms with Crippen LogP contribution in [0.15, 0.2) is 52.9 Å². The van der Waals surface area contributed by atoms with Crippen molar-refractivity contribution in [3.8, 4) is 0 Å². The van der Waals surface area contributed by atoms with Gasteiger partial charge in [-0.1, -0.05) is 12.1 Å². The first kappa shape index (κ1) is 17.2. The number of halogens is 1. The standard InChI is InChI=1S/C21H18FN3O2S/c22-14-7-8-18-13(10-14)11-19(28-18)20(26)23-12-15-4-3-9-25(15)21-24-16-5-1-2-6-17(16)27-21/h1-2,5-8,10-11,15H,3-4,9,12H2,(H,23,26)/t15-/m0/s1. The maximum Gasteiger partial charge on any atom is 0.298 e. The van der Waals surface area contributed by atoms with E-state index < -0.39 is 0 Å².